The van der Waals surface area contributed by atoms with E-state index in [1.165, 1.54) is 0 Å². The van der Waals surface area contributed by atoms with E-state index in [0.717, 1.165) is 6.54 Å². The number of ether oxygens (including phenoxy) is 1. The van der Waals surface area contributed by atoms with Crippen molar-refractivity contribution < 1.29 is 14.1 Å². The van der Waals surface area contributed by atoms with Gasteiger partial charge in [0.25, 0.3) is 5.91 Å². The van der Waals surface area contributed by atoms with Crippen molar-refractivity contribution in [1.29, 1.82) is 0 Å². The third-order valence-electron chi connectivity index (χ3n) is 2.15. The molecule has 1 atom stereocenters. The minimum atomic E-state index is -0.401. The Kier molecular flexibility index (Phi) is 3.31. The second-order valence-corrected chi connectivity index (χ2v) is 3.26. The van der Waals surface area contributed by atoms with Gasteiger partial charge in [0.2, 0.25) is 0 Å². The fraction of sp³-hybridized carbons (Fsp3) is 0.556. The number of nitrogens with one attached hydrogen (secondary N) is 2. The highest BCUT2D eigenvalue weighted by Crippen LogP contribution is 1.98. The molecule has 6 nitrogen and oxygen atoms in total. The van der Waals surface area contributed by atoms with Crippen LogP contribution < -0.4 is 10.6 Å². The van der Waals surface area contributed by atoms with Crippen LogP contribution in [0.25, 0.3) is 0 Å². The standard InChI is InChI=1S/C9H13N3O3/c13-9(8-6-10-3-4-14-8)11-5-7-1-2-12-15-7/h1-2,8,10H,3-6H2,(H,11,13). The summed E-state index contributed by atoms with van der Waals surface area (Å²) in [6.45, 7) is 2.27. The van der Waals surface area contributed by atoms with E-state index in [-0.39, 0.29) is 5.91 Å². The summed E-state index contributed by atoms with van der Waals surface area (Å²) in [7, 11) is 0. The zero-order chi connectivity index (χ0) is 10.5. The van der Waals surface area contributed by atoms with Gasteiger partial charge >= 0.3 is 0 Å². The normalized spacial score (nSPS) is 21.2. The van der Waals surface area contributed by atoms with Crippen LogP contribution in [0.15, 0.2) is 16.8 Å². The van der Waals surface area contributed by atoms with Gasteiger partial charge in [-0.15, -0.1) is 0 Å². The third kappa shape index (κ3) is 2.77. The maximum atomic E-state index is 11.6. The Hall–Kier alpha value is -1.40. The van der Waals surface area contributed by atoms with Crippen LogP contribution in [0.2, 0.25) is 0 Å². The molecular weight excluding hydrogens is 198 g/mol. The molecule has 1 aliphatic heterocycles. The average molecular weight is 211 g/mol. The zero-order valence-corrected chi connectivity index (χ0v) is 8.23. The second-order valence-electron chi connectivity index (χ2n) is 3.26. The van der Waals surface area contributed by atoms with Gasteiger partial charge in [0, 0.05) is 19.2 Å². The number of morpholine rings is 1. The van der Waals surface area contributed by atoms with Crippen molar-refractivity contribution in [3.63, 3.8) is 0 Å². The van der Waals surface area contributed by atoms with Crippen LogP contribution in [0.1, 0.15) is 5.76 Å². The van der Waals surface area contributed by atoms with Crippen molar-refractivity contribution in [2.45, 2.75) is 12.6 Å². The number of carbonyl (C=O) groups is 1. The van der Waals surface area contributed by atoms with Crippen molar-refractivity contribution in [2.24, 2.45) is 0 Å². The van der Waals surface area contributed by atoms with Crippen molar-refractivity contribution >= 4 is 5.91 Å². The van der Waals surface area contributed by atoms with E-state index in [4.69, 9.17) is 9.26 Å². The van der Waals surface area contributed by atoms with E-state index in [0.29, 0.717) is 25.5 Å². The van der Waals surface area contributed by atoms with Gasteiger partial charge in [-0.3, -0.25) is 4.79 Å². The lowest BCUT2D eigenvalue weighted by Crippen LogP contribution is -2.47. The molecule has 1 fully saturated rings. The van der Waals surface area contributed by atoms with Gasteiger partial charge in [-0.1, -0.05) is 5.16 Å². The Morgan fingerprint density at radius 3 is 3.33 bits per heavy atom. The van der Waals surface area contributed by atoms with Crippen molar-refractivity contribution in [1.82, 2.24) is 15.8 Å². The molecule has 0 aliphatic carbocycles. The summed E-state index contributed by atoms with van der Waals surface area (Å²) in [4.78, 5) is 11.6. The molecule has 0 bridgehead atoms. The van der Waals surface area contributed by atoms with E-state index >= 15 is 0 Å². The predicted molar refractivity (Wildman–Crippen MR) is 51.0 cm³/mol. The Bertz CT molecular complexity index is 306. The molecule has 2 N–H and O–H groups in total. The van der Waals surface area contributed by atoms with Gasteiger partial charge in [-0.25, -0.2) is 0 Å². The van der Waals surface area contributed by atoms with Crippen LogP contribution in [0.5, 0.6) is 0 Å². The van der Waals surface area contributed by atoms with Crippen LogP contribution in [0.4, 0.5) is 0 Å². The number of aromatic nitrogens is 1. The quantitative estimate of drug-likeness (QED) is 0.690. The molecule has 1 aromatic heterocycles. The highest BCUT2D eigenvalue weighted by atomic mass is 16.5. The number of nitrogens with zero attached hydrogens (tertiary/aromatic N) is 1. The van der Waals surface area contributed by atoms with Crippen molar-refractivity contribution in [3.05, 3.63) is 18.0 Å². The first-order valence-corrected chi connectivity index (χ1v) is 4.86. The molecule has 1 aromatic rings. The molecule has 0 aromatic carbocycles. The summed E-state index contributed by atoms with van der Waals surface area (Å²) in [6, 6.07) is 1.71. The molecular formula is C9H13N3O3. The number of hydrogen-bond donors (Lipinski definition) is 2. The Balaban J connectivity index is 1.76. The largest absolute Gasteiger partial charge is 0.366 e. The number of rotatable bonds is 3. The van der Waals surface area contributed by atoms with Gasteiger partial charge in [0.15, 0.2) is 5.76 Å². The Morgan fingerprint density at radius 2 is 2.67 bits per heavy atom. The number of amides is 1. The van der Waals surface area contributed by atoms with Gasteiger partial charge in [-0.2, -0.15) is 0 Å². The van der Waals surface area contributed by atoms with Gasteiger partial charge in [0.05, 0.1) is 19.3 Å². The summed E-state index contributed by atoms with van der Waals surface area (Å²) in [6.07, 6.45) is 1.14. The molecule has 0 radical (unpaired) electrons. The minimum absolute atomic E-state index is 0.126. The smallest absolute Gasteiger partial charge is 0.250 e. The maximum absolute atomic E-state index is 11.6. The lowest BCUT2D eigenvalue weighted by atomic mass is 10.3. The molecule has 6 heteroatoms. The van der Waals surface area contributed by atoms with Crippen LogP contribution >= 0.6 is 0 Å². The molecule has 1 saturated heterocycles. The minimum Gasteiger partial charge on any atom is -0.366 e. The van der Waals surface area contributed by atoms with Crippen molar-refractivity contribution in [3.8, 4) is 0 Å². The van der Waals surface area contributed by atoms with E-state index < -0.39 is 6.10 Å². The molecule has 1 unspecified atom stereocenters. The van der Waals surface area contributed by atoms with Gasteiger partial charge in [-0.05, 0) is 0 Å². The average Bonchev–Trinajstić information content (AvgIpc) is 2.80. The van der Waals surface area contributed by atoms with Crippen LogP contribution in [-0.4, -0.2) is 36.9 Å². The lowest BCUT2D eigenvalue weighted by molar-refractivity contribution is -0.134. The maximum Gasteiger partial charge on any atom is 0.250 e. The monoisotopic (exact) mass is 211 g/mol. The predicted octanol–water partition coefficient (Wildman–Crippen LogP) is -0.721. The summed E-state index contributed by atoms with van der Waals surface area (Å²) in [5.74, 6) is 0.505. The third-order valence-corrected chi connectivity index (χ3v) is 2.15. The molecule has 1 amide bonds. The lowest BCUT2D eigenvalue weighted by Gasteiger charge is -2.22. The van der Waals surface area contributed by atoms with Crippen LogP contribution in [0.3, 0.4) is 0 Å². The van der Waals surface area contributed by atoms with Gasteiger partial charge < -0.3 is 19.9 Å². The molecule has 2 rings (SSSR count). The number of hydrogen-bond acceptors (Lipinski definition) is 5. The summed E-state index contributed by atoms with van der Waals surface area (Å²) in [5, 5.41) is 9.35. The molecule has 1 aliphatic rings. The van der Waals surface area contributed by atoms with E-state index in [1.54, 1.807) is 12.3 Å². The fourth-order valence-corrected chi connectivity index (χ4v) is 1.36. The summed E-state index contributed by atoms with van der Waals surface area (Å²) in [5.41, 5.74) is 0. The van der Waals surface area contributed by atoms with Crippen LogP contribution in [0, 0.1) is 0 Å². The SMILES string of the molecule is O=C(NCc1ccno1)C1CNCCO1. The Morgan fingerprint density at radius 1 is 1.73 bits per heavy atom. The first-order valence-electron chi connectivity index (χ1n) is 4.86. The van der Waals surface area contributed by atoms with Gasteiger partial charge in [0.1, 0.15) is 6.10 Å². The molecule has 0 saturated carbocycles. The Labute approximate surface area is 87.0 Å². The van der Waals surface area contributed by atoms with Crippen LogP contribution in [-0.2, 0) is 16.1 Å². The van der Waals surface area contributed by atoms with E-state index in [2.05, 4.69) is 15.8 Å². The fourth-order valence-electron chi connectivity index (χ4n) is 1.36. The topological polar surface area (TPSA) is 76.4 Å². The summed E-state index contributed by atoms with van der Waals surface area (Å²) < 4.78 is 10.1. The first-order chi connectivity index (χ1) is 7.36. The van der Waals surface area contributed by atoms with E-state index in [1.807, 2.05) is 0 Å². The second kappa shape index (κ2) is 4.90. The number of carbonyl (C=O) groups excluding carboxylic acids is 1. The zero-order valence-electron chi connectivity index (χ0n) is 8.23. The highest BCUT2D eigenvalue weighted by Gasteiger charge is 2.21. The first kappa shape index (κ1) is 10.1. The molecule has 82 valence electrons. The highest BCUT2D eigenvalue weighted by molar-refractivity contribution is 5.81. The molecule has 0 spiro atoms. The van der Waals surface area contributed by atoms with E-state index in [9.17, 15) is 4.79 Å². The van der Waals surface area contributed by atoms with Crippen molar-refractivity contribution in [2.75, 3.05) is 19.7 Å². The molecule has 2 heterocycles. The summed E-state index contributed by atoms with van der Waals surface area (Å²) >= 11 is 0. The molecule has 15 heavy (non-hydrogen) atoms.